The van der Waals surface area contributed by atoms with Crippen LogP contribution in [-0.4, -0.2) is 25.9 Å². The van der Waals surface area contributed by atoms with Gasteiger partial charge in [0.1, 0.15) is 6.33 Å². The van der Waals surface area contributed by atoms with Crippen molar-refractivity contribution in [1.29, 1.82) is 0 Å². The Balaban J connectivity index is 2.48. The van der Waals surface area contributed by atoms with Crippen LogP contribution >= 0.6 is 12.2 Å². The summed E-state index contributed by atoms with van der Waals surface area (Å²) in [6, 6.07) is 6.64. The van der Waals surface area contributed by atoms with Crippen LogP contribution in [0.4, 0.5) is 0 Å². The van der Waals surface area contributed by atoms with Crippen LogP contribution in [0.5, 0.6) is 0 Å². The van der Waals surface area contributed by atoms with Gasteiger partial charge in [-0.2, -0.15) is 5.10 Å². The van der Waals surface area contributed by atoms with E-state index < -0.39 is 5.91 Å². The fourth-order valence-electron chi connectivity index (χ4n) is 1.29. The molecule has 6 nitrogen and oxygen atoms in total. The van der Waals surface area contributed by atoms with Gasteiger partial charge >= 0.3 is 0 Å². The van der Waals surface area contributed by atoms with Gasteiger partial charge in [-0.3, -0.25) is 19.7 Å². The number of hydrogen-bond acceptors (Lipinski definition) is 4. The minimum atomic E-state index is -0.572. The number of rotatable bonds is 2. The number of aromatic amines is 1. The van der Waals surface area contributed by atoms with Gasteiger partial charge in [0.05, 0.1) is 5.69 Å². The molecule has 3 N–H and O–H groups in total. The second-order valence-corrected chi connectivity index (χ2v) is 3.41. The van der Waals surface area contributed by atoms with E-state index in [4.69, 9.17) is 17.4 Å². The van der Waals surface area contributed by atoms with Gasteiger partial charge in [0.25, 0.3) is 5.91 Å². The van der Waals surface area contributed by atoms with E-state index in [2.05, 4.69) is 10.2 Å². The van der Waals surface area contributed by atoms with Crippen LogP contribution < -0.4 is 5.48 Å². The molecule has 0 fully saturated rings. The lowest BCUT2D eigenvalue weighted by Crippen LogP contribution is -2.18. The maximum atomic E-state index is 11.2. The van der Waals surface area contributed by atoms with Crippen molar-refractivity contribution < 1.29 is 10.0 Å². The Kier molecular flexibility index (Phi) is 2.80. The van der Waals surface area contributed by atoms with Crippen LogP contribution in [0.25, 0.3) is 5.69 Å². The number of H-pyrrole nitrogens is 1. The predicted octanol–water partition coefficient (Wildman–Crippen LogP) is 1.05. The van der Waals surface area contributed by atoms with Crippen molar-refractivity contribution in [1.82, 2.24) is 20.2 Å². The van der Waals surface area contributed by atoms with Crippen LogP contribution in [0.2, 0.25) is 0 Å². The van der Waals surface area contributed by atoms with Gasteiger partial charge in [-0.25, -0.2) is 5.48 Å². The average molecular weight is 236 g/mol. The fourth-order valence-corrected chi connectivity index (χ4v) is 1.50. The molecule has 0 saturated heterocycles. The van der Waals surface area contributed by atoms with Gasteiger partial charge in [-0.1, -0.05) is 6.07 Å². The molecule has 0 spiro atoms. The molecule has 2 aromatic rings. The Labute approximate surface area is 95.5 Å². The second kappa shape index (κ2) is 4.25. The van der Waals surface area contributed by atoms with Crippen molar-refractivity contribution in [3.05, 3.63) is 40.9 Å². The average Bonchev–Trinajstić information content (AvgIpc) is 2.74. The van der Waals surface area contributed by atoms with Gasteiger partial charge in [0.15, 0.2) is 4.77 Å². The van der Waals surface area contributed by atoms with E-state index in [0.29, 0.717) is 16.0 Å². The third-order valence-corrected chi connectivity index (χ3v) is 2.33. The molecule has 0 aliphatic rings. The molecule has 82 valence electrons. The standard InChI is InChI=1S/C9H8N4O2S/c14-8(12-15)6-2-1-3-7(4-6)13-5-10-11-9(13)16/h1-5,15H,(H,11,16)(H,12,14). The molecule has 0 unspecified atom stereocenters. The van der Waals surface area contributed by atoms with Crippen LogP contribution in [0.1, 0.15) is 10.4 Å². The summed E-state index contributed by atoms with van der Waals surface area (Å²) < 4.78 is 2.05. The van der Waals surface area contributed by atoms with Gasteiger partial charge in [0, 0.05) is 5.56 Å². The maximum Gasteiger partial charge on any atom is 0.274 e. The molecule has 0 aliphatic heterocycles. The molecular weight excluding hydrogens is 228 g/mol. The summed E-state index contributed by atoms with van der Waals surface area (Å²) in [5.41, 5.74) is 2.60. The minimum Gasteiger partial charge on any atom is -0.288 e. The van der Waals surface area contributed by atoms with E-state index in [-0.39, 0.29) is 0 Å². The lowest BCUT2D eigenvalue weighted by Gasteiger charge is -2.03. The summed E-state index contributed by atoms with van der Waals surface area (Å²) in [5, 5.41) is 14.9. The number of hydroxylamine groups is 1. The Morgan fingerprint density at radius 3 is 3.00 bits per heavy atom. The minimum absolute atomic E-state index is 0.336. The number of nitrogens with one attached hydrogen (secondary N) is 2. The molecule has 1 heterocycles. The van der Waals surface area contributed by atoms with Crippen LogP contribution in [0, 0.1) is 4.77 Å². The molecule has 2 rings (SSSR count). The molecule has 0 atom stereocenters. The van der Waals surface area contributed by atoms with Gasteiger partial charge in [-0.05, 0) is 30.4 Å². The van der Waals surface area contributed by atoms with Crippen molar-refractivity contribution in [2.75, 3.05) is 0 Å². The molecule has 0 radical (unpaired) electrons. The normalized spacial score (nSPS) is 10.1. The molecule has 1 aromatic heterocycles. The van der Waals surface area contributed by atoms with Crippen LogP contribution in [0.3, 0.4) is 0 Å². The first-order valence-electron chi connectivity index (χ1n) is 4.39. The summed E-state index contributed by atoms with van der Waals surface area (Å²) in [6.45, 7) is 0. The lowest BCUT2D eigenvalue weighted by molar-refractivity contribution is 0.0706. The number of amides is 1. The third kappa shape index (κ3) is 1.86. The highest BCUT2D eigenvalue weighted by Crippen LogP contribution is 2.10. The molecule has 7 heteroatoms. The van der Waals surface area contributed by atoms with E-state index in [1.807, 2.05) is 0 Å². The predicted molar refractivity (Wildman–Crippen MR) is 58.0 cm³/mol. The van der Waals surface area contributed by atoms with E-state index in [1.54, 1.807) is 34.3 Å². The third-order valence-electron chi connectivity index (χ3n) is 2.04. The number of aromatic nitrogens is 3. The van der Waals surface area contributed by atoms with E-state index in [1.165, 1.54) is 6.33 Å². The summed E-state index contributed by atoms with van der Waals surface area (Å²) in [4.78, 5) is 11.2. The number of carbonyl (C=O) groups is 1. The zero-order valence-corrected chi connectivity index (χ0v) is 8.86. The first-order chi connectivity index (χ1) is 7.72. The molecule has 0 bridgehead atoms. The van der Waals surface area contributed by atoms with Gasteiger partial charge in [0.2, 0.25) is 0 Å². The first kappa shape index (κ1) is 10.5. The largest absolute Gasteiger partial charge is 0.288 e. The Morgan fingerprint density at radius 1 is 1.56 bits per heavy atom. The van der Waals surface area contributed by atoms with Gasteiger partial charge < -0.3 is 0 Å². The van der Waals surface area contributed by atoms with E-state index in [0.717, 1.165) is 0 Å². The Hall–Kier alpha value is -1.99. The second-order valence-electron chi connectivity index (χ2n) is 3.02. The zero-order valence-electron chi connectivity index (χ0n) is 8.04. The van der Waals surface area contributed by atoms with Crippen molar-refractivity contribution in [3.63, 3.8) is 0 Å². The Bertz CT molecular complexity index is 575. The summed E-state index contributed by atoms with van der Waals surface area (Å²) >= 11 is 5.00. The number of carbonyl (C=O) groups excluding carboxylic acids is 1. The van der Waals surface area contributed by atoms with Crippen LogP contribution in [0.15, 0.2) is 30.6 Å². The lowest BCUT2D eigenvalue weighted by atomic mass is 10.2. The monoisotopic (exact) mass is 236 g/mol. The van der Waals surface area contributed by atoms with Crippen molar-refractivity contribution in [2.24, 2.45) is 0 Å². The summed E-state index contributed by atoms with van der Waals surface area (Å²) in [6.07, 6.45) is 1.51. The molecule has 0 saturated carbocycles. The number of nitrogens with zero attached hydrogens (tertiary/aromatic N) is 2. The van der Waals surface area contributed by atoms with Crippen molar-refractivity contribution in [2.45, 2.75) is 0 Å². The highest BCUT2D eigenvalue weighted by atomic mass is 32.1. The maximum absolute atomic E-state index is 11.2. The summed E-state index contributed by atoms with van der Waals surface area (Å²) in [5.74, 6) is -0.572. The fraction of sp³-hybridized carbons (Fsp3) is 0. The highest BCUT2D eigenvalue weighted by molar-refractivity contribution is 7.71. The van der Waals surface area contributed by atoms with Gasteiger partial charge in [-0.15, -0.1) is 0 Å². The molecule has 16 heavy (non-hydrogen) atoms. The summed E-state index contributed by atoms with van der Waals surface area (Å²) in [7, 11) is 0. The van der Waals surface area contributed by atoms with Crippen molar-refractivity contribution in [3.8, 4) is 5.69 Å². The quantitative estimate of drug-likeness (QED) is 0.413. The SMILES string of the molecule is O=C(NO)c1cccc(-n2cn[nH]c2=S)c1. The molecular formula is C9H8N4O2S. The molecule has 1 aromatic carbocycles. The zero-order chi connectivity index (χ0) is 11.5. The topological polar surface area (TPSA) is 82.9 Å². The molecule has 0 aliphatic carbocycles. The van der Waals surface area contributed by atoms with Crippen molar-refractivity contribution >= 4 is 18.1 Å². The van der Waals surface area contributed by atoms with E-state index >= 15 is 0 Å². The van der Waals surface area contributed by atoms with E-state index in [9.17, 15) is 4.79 Å². The molecule has 1 amide bonds. The highest BCUT2D eigenvalue weighted by Gasteiger charge is 2.05. The Morgan fingerprint density at radius 2 is 2.38 bits per heavy atom. The number of benzene rings is 1. The number of hydrogen-bond donors (Lipinski definition) is 3. The van der Waals surface area contributed by atoms with Crippen LogP contribution in [-0.2, 0) is 0 Å². The first-order valence-corrected chi connectivity index (χ1v) is 4.80. The smallest absolute Gasteiger partial charge is 0.274 e.